The third-order valence-electron chi connectivity index (χ3n) is 2.55. The van der Waals surface area contributed by atoms with Crippen LogP contribution < -0.4 is 10.6 Å². The standard InChI is InChI=1S/C12H18F2N2O/c1-8(2)16(6-7-17-3)12-10(15)5-4-9(13)11(12)14/h4-5,8H,6-7,15H2,1-3H3. The van der Waals surface area contributed by atoms with E-state index in [1.54, 1.807) is 12.0 Å². The van der Waals surface area contributed by atoms with Gasteiger partial charge in [-0.3, -0.25) is 0 Å². The zero-order chi connectivity index (χ0) is 13.0. The average Bonchev–Trinajstić information content (AvgIpc) is 2.28. The van der Waals surface area contributed by atoms with Crippen molar-refractivity contribution in [3.05, 3.63) is 23.8 Å². The third-order valence-corrected chi connectivity index (χ3v) is 2.55. The summed E-state index contributed by atoms with van der Waals surface area (Å²) in [4.78, 5) is 1.69. The molecule has 0 bridgehead atoms. The number of nitrogens with two attached hydrogens (primary N) is 1. The van der Waals surface area contributed by atoms with E-state index in [4.69, 9.17) is 10.5 Å². The summed E-state index contributed by atoms with van der Waals surface area (Å²) in [5.74, 6) is -1.80. The van der Waals surface area contributed by atoms with Crippen molar-refractivity contribution < 1.29 is 13.5 Å². The van der Waals surface area contributed by atoms with Crippen LogP contribution >= 0.6 is 0 Å². The first kappa shape index (κ1) is 13.7. The Hall–Kier alpha value is -1.36. The molecule has 0 saturated heterocycles. The van der Waals surface area contributed by atoms with E-state index in [9.17, 15) is 8.78 Å². The Balaban J connectivity index is 3.13. The van der Waals surface area contributed by atoms with Crippen molar-refractivity contribution >= 4 is 11.4 Å². The highest BCUT2D eigenvalue weighted by molar-refractivity contribution is 5.68. The number of methoxy groups -OCH3 is 1. The minimum Gasteiger partial charge on any atom is -0.397 e. The Morgan fingerprint density at radius 3 is 2.53 bits per heavy atom. The first-order valence-electron chi connectivity index (χ1n) is 5.48. The lowest BCUT2D eigenvalue weighted by molar-refractivity contribution is 0.203. The molecule has 0 aromatic heterocycles. The van der Waals surface area contributed by atoms with Crippen LogP contribution in [0.5, 0.6) is 0 Å². The molecule has 0 saturated carbocycles. The number of benzene rings is 1. The molecule has 0 unspecified atom stereocenters. The zero-order valence-electron chi connectivity index (χ0n) is 10.3. The van der Waals surface area contributed by atoms with E-state index >= 15 is 0 Å². The van der Waals surface area contributed by atoms with E-state index in [1.165, 1.54) is 6.07 Å². The quantitative estimate of drug-likeness (QED) is 0.808. The van der Waals surface area contributed by atoms with Crippen molar-refractivity contribution in [1.82, 2.24) is 0 Å². The van der Waals surface area contributed by atoms with Crippen LogP contribution in [0.15, 0.2) is 12.1 Å². The van der Waals surface area contributed by atoms with Crippen LogP contribution in [0.3, 0.4) is 0 Å². The van der Waals surface area contributed by atoms with Gasteiger partial charge in [0.2, 0.25) is 0 Å². The van der Waals surface area contributed by atoms with Crippen molar-refractivity contribution in [2.75, 3.05) is 30.9 Å². The molecule has 0 aliphatic heterocycles. The van der Waals surface area contributed by atoms with Gasteiger partial charge in [-0.05, 0) is 26.0 Å². The molecule has 17 heavy (non-hydrogen) atoms. The number of rotatable bonds is 5. The van der Waals surface area contributed by atoms with Gasteiger partial charge in [-0.15, -0.1) is 0 Å². The second kappa shape index (κ2) is 5.82. The molecule has 0 atom stereocenters. The number of nitrogen functional groups attached to an aromatic ring is 1. The zero-order valence-corrected chi connectivity index (χ0v) is 10.3. The maximum absolute atomic E-state index is 13.8. The largest absolute Gasteiger partial charge is 0.397 e. The van der Waals surface area contributed by atoms with Gasteiger partial charge in [-0.1, -0.05) is 0 Å². The van der Waals surface area contributed by atoms with E-state index < -0.39 is 11.6 Å². The number of ether oxygens (including phenoxy) is 1. The maximum Gasteiger partial charge on any atom is 0.184 e. The van der Waals surface area contributed by atoms with Crippen LogP contribution in [0, 0.1) is 11.6 Å². The minimum absolute atomic E-state index is 0.00347. The number of anilines is 2. The number of hydrogen-bond acceptors (Lipinski definition) is 3. The SMILES string of the molecule is COCCN(c1c(N)ccc(F)c1F)C(C)C. The molecule has 0 heterocycles. The van der Waals surface area contributed by atoms with Crippen LogP contribution in [-0.4, -0.2) is 26.3 Å². The predicted octanol–water partition coefficient (Wildman–Crippen LogP) is 2.41. The van der Waals surface area contributed by atoms with Crippen LogP contribution in [0.25, 0.3) is 0 Å². The molecule has 3 nitrogen and oxygen atoms in total. The van der Waals surface area contributed by atoms with Gasteiger partial charge in [-0.25, -0.2) is 8.78 Å². The molecule has 0 aliphatic rings. The molecule has 5 heteroatoms. The maximum atomic E-state index is 13.8. The van der Waals surface area contributed by atoms with Crippen LogP contribution in [0.1, 0.15) is 13.8 Å². The highest BCUT2D eigenvalue weighted by atomic mass is 19.2. The Morgan fingerprint density at radius 2 is 2.00 bits per heavy atom. The van der Waals surface area contributed by atoms with E-state index in [-0.39, 0.29) is 17.4 Å². The average molecular weight is 244 g/mol. The molecule has 1 rings (SSSR count). The molecule has 0 aliphatic carbocycles. The highest BCUT2D eigenvalue weighted by Gasteiger charge is 2.20. The third kappa shape index (κ3) is 3.06. The molecular weight excluding hydrogens is 226 g/mol. The van der Waals surface area contributed by atoms with Gasteiger partial charge in [-0.2, -0.15) is 0 Å². The monoisotopic (exact) mass is 244 g/mol. The molecule has 0 radical (unpaired) electrons. The lowest BCUT2D eigenvalue weighted by Crippen LogP contribution is -2.35. The van der Waals surface area contributed by atoms with Gasteiger partial charge in [0.05, 0.1) is 18.0 Å². The summed E-state index contributed by atoms with van der Waals surface area (Å²) in [5, 5.41) is 0. The Labute approximate surface area is 100 Å². The summed E-state index contributed by atoms with van der Waals surface area (Å²) < 4.78 is 31.9. The van der Waals surface area contributed by atoms with Gasteiger partial charge < -0.3 is 15.4 Å². The van der Waals surface area contributed by atoms with Crippen molar-refractivity contribution in [2.24, 2.45) is 0 Å². The lowest BCUT2D eigenvalue weighted by atomic mass is 10.2. The summed E-state index contributed by atoms with van der Waals surface area (Å²) in [6.45, 7) is 4.66. The van der Waals surface area contributed by atoms with E-state index in [0.717, 1.165) is 6.07 Å². The minimum atomic E-state index is -0.908. The first-order chi connectivity index (χ1) is 7.99. The lowest BCUT2D eigenvalue weighted by Gasteiger charge is -2.30. The van der Waals surface area contributed by atoms with Gasteiger partial charge in [0.1, 0.15) is 0 Å². The molecule has 1 aromatic carbocycles. The van der Waals surface area contributed by atoms with Crippen LogP contribution in [0.2, 0.25) is 0 Å². The second-order valence-electron chi connectivity index (χ2n) is 4.08. The summed E-state index contributed by atoms with van der Waals surface area (Å²) in [6, 6.07) is 2.41. The van der Waals surface area contributed by atoms with Gasteiger partial charge in [0, 0.05) is 19.7 Å². The molecule has 2 N–H and O–H groups in total. The number of nitrogens with zero attached hydrogens (tertiary/aromatic N) is 1. The Morgan fingerprint density at radius 1 is 1.35 bits per heavy atom. The fourth-order valence-corrected chi connectivity index (χ4v) is 1.66. The highest BCUT2D eigenvalue weighted by Crippen LogP contribution is 2.29. The summed E-state index contributed by atoms with van der Waals surface area (Å²) in [6.07, 6.45) is 0. The molecule has 96 valence electrons. The van der Waals surface area contributed by atoms with Crippen molar-refractivity contribution in [3.63, 3.8) is 0 Å². The van der Waals surface area contributed by atoms with E-state index in [0.29, 0.717) is 13.2 Å². The molecule has 1 aromatic rings. The normalized spacial score (nSPS) is 10.9. The summed E-state index contributed by atoms with van der Waals surface area (Å²) in [7, 11) is 1.56. The number of hydrogen-bond donors (Lipinski definition) is 1. The molecule has 0 amide bonds. The predicted molar refractivity (Wildman–Crippen MR) is 65.1 cm³/mol. The van der Waals surface area contributed by atoms with Crippen molar-refractivity contribution in [2.45, 2.75) is 19.9 Å². The fraction of sp³-hybridized carbons (Fsp3) is 0.500. The second-order valence-corrected chi connectivity index (χ2v) is 4.08. The fourth-order valence-electron chi connectivity index (χ4n) is 1.66. The first-order valence-corrected chi connectivity index (χ1v) is 5.48. The topological polar surface area (TPSA) is 38.5 Å². The van der Waals surface area contributed by atoms with Crippen molar-refractivity contribution in [3.8, 4) is 0 Å². The Kier molecular flexibility index (Phi) is 4.69. The van der Waals surface area contributed by atoms with Crippen LogP contribution in [-0.2, 0) is 4.74 Å². The Bertz CT molecular complexity index is 383. The smallest absolute Gasteiger partial charge is 0.184 e. The number of halogens is 2. The van der Waals surface area contributed by atoms with Crippen LogP contribution in [0.4, 0.5) is 20.2 Å². The molecular formula is C12H18F2N2O. The van der Waals surface area contributed by atoms with E-state index in [2.05, 4.69) is 0 Å². The van der Waals surface area contributed by atoms with Gasteiger partial charge >= 0.3 is 0 Å². The summed E-state index contributed by atoms with van der Waals surface area (Å²) >= 11 is 0. The molecule has 0 spiro atoms. The van der Waals surface area contributed by atoms with E-state index in [1.807, 2.05) is 13.8 Å². The van der Waals surface area contributed by atoms with Gasteiger partial charge in [0.15, 0.2) is 11.6 Å². The molecule has 0 fully saturated rings. The van der Waals surface area contributed by atoms with Gasteiger partial charge in [0.25, 0.3) is 0 Å². The van der Waals surface area contributed by atoms with Crippen molar-refractivity contribution in [1.29, 1.82) is 0 Å². The summed E-state index contributed by atoms with van der Waals surface area (Å²) in [5.41, 5.74) is 6.05.